The standard InChI is InChI=1S/C28H31FN4O2/c1-28-13-12-18-17-4-3-5-23(29)19(17)7-8-20(18)26(28)21(22-15-31-33-27(22)28)9-11-25(34)32-24-10-6-16(35-2)14-30-24/h3-6,10,14-15,18,20-21,26H,7-9,11-13H2,1-2H3,(H,31,33)(H,30,32,34)/t18?,20?,21-,26?,28+/m1/s1. The number of fused-ring (bicyclic) bond motifs is 7. The molecule has 35 heavy (non-hydrogen) atoms. The third-order valence-corrected chi connectivity index (χ3v) is 8.97. The summed E-state index contributed by atoms with van der Waals surface area (Å²) in [7, 11) is 1.59. The minimum absolute atomic E-state index is 0.0104. The first-order chi connectivity index (χ1) is 17.0. The van der Waals surface area contributed by atoms with Gasteiger partial charge in [0.15, 0.2) is 0 Å². The first-order valence-electron chi connectivity index (χ1n) is 12.6. The van der Waals surface area contributed by atoms with Gasteiger partial charge < -0.3 is 10.1 Å². The predicted molar refractivity (Wildman–Crippen MR) is 131 cm³/mol. The fraction of sp³-hybridized carbons (Fsp3) is 0.464. The molecule has 2 heterocycles. The lowest BCUT2D eigenvalue weighted by Crippen LogP contribution is -2.44. The molecule has 1 saturated carbocycles. The summed E-state index contributed by atoms with van der Waals surface area (Å²) in [5, 5.41) is 10.6. The van der Waals surface area contributed by atoms with Crippen LogP contribution in [0.1, 0.15) is 73.2 Å². The van der Waals surface area contributed by atoms with Gasteiger partial charge in [0.05, 0.1) is 19.5 Å². The number of nitrogens with zero attached hydrogens (tertiary/aromatic N) is 2. The lowest BCUT2D eigenvalue weighted by molar-refractivity contribution is -0.116. The second kappa shape index (κ2) is 8.47. The number of nitrogens with one attached hydrogen (secondary N) is 2. The summed E-state index contributed by atoms with van der Waals surface area (Å²) in [6.45, 7) is 2.37. The zero-order chi connectivity index (χ0) is 24.2. The van der Waals surface area contributed by atoms with Gasteiger partial charge in [-0.1, -0.05) is 19.1 Å². The van der Waals surface area contributed by atoms with Crippen molar-refractivity contribution in [3.05, 3.63) is 70.9 Å². The number of anilines is 1. The molecule has 3 aromatic rings. The van der Waals surface area contributed by atoms with E-state index >= 15 is 0 Å². The molecule has 1 amide bonds. The van der Waals surface area contributed by atoms with Crippen LogP contribution in [0.2, 0.25) is 0 Å². The maximum Gasteiger partial charge on any atom is 0.225 e. The summed E-state index contributed by atoms with van der Waals surface area (Å²) >= 11 is 0. The number of methoxy groups -OCH3 is 1. The molecule has 6 rings (SSSR count). The van der Waals surface area contributed by atoms with Crippen LogP contribution in [-0.4, -0.2) is 28.2 Å². The van der Waals surface area contributed by atoms with Crippen LogP contribution in [0.4, 0.5) is 10.2 Å². The van der Waals surface area contributed by atoms with Crippen LogP contribution in [0.25, 0.3) is 0 Å². The highest BCUT2D eigenvalue weighted by Gasteiger charge is 2.57. The number of hydrogen-bond acceptors (Lipinski definition) is 4. The summed E-state index contributed by atoms with van der Waals surface area (Å²) in [6.07, 6.45) is 8.63. The number of carbonyl (C=O) groups excluding carboxylic acids is 1. The average Bonchev–Trinajstić information content (AvgIpc) is 3.44. The van der Waals surface area contributed by atoms with E-state index in [1.165, 1.54) is 16.8 Å². The van der Waals surface area contributed by atoms with Crippen molar-refractivity contribution < 1.29 is 13.9 Å². The smallest absolute Gasteiger partial charge is 0.225 e. The van der Waals surface area contributed by atoms with E-state index in [1.807, 2.05) is 12.3 Å². The molecule has 182 valence electrons. The highest BCUT2D eigenvalue weighted by Crippen LogP contribution is 2.64. The van der Waals surface area contributed by atoms with Crippen molar-refractivity contribution in [2.45, 2.75) is 62.7 Å². The van der Waals surface area contributed by atoms with Crippen molar-refractivity contribution in [2.75, 3.05) is 12.4 Å². The first kappa shape index (κ1) is 22.3. The van der Waals surface area contributed by atoms with E-state index in [2.05, 4.69) is 33.5 Å². The van der Waals surface area contributed by atoms with E-state index in [9.17, 15) is 9.18 Å². The largest absolute Gasteiger partial charge is 0.495 e. The van der Waals surface area contributed by atoms with Gasteiger partial charge in [-0.05, 0) is 90.7 Å². The third-order valence-electron chi connectivity index (χ3n) is 8.97. The number of hydrogen-bond donors (Lipinski definition) is 2. The number of carbonyl (C=O) groups is 1. The van der Waals surface area contributed by atoms with E-state index < -0.39 is 0 Å². The van der Waals surface area contributed by atoms with E-state index in [0.717, 1.165) is 37.7 Å². The fourth-order valence-corrected chi connectivity index (χ4v) is 7.49. The first-order valence-corrected chi connectivity index (χ1v) is 12.6. The molecule has 6 nitrogen and oxygen atoms in total. The molecule has 0 spiro atoms. The van der Waals surface area contributed by atoms with Crippen molar-refractivity contribution in [1.29, 1.82) is 0 Å². The van der Waals surface area contributed by atoms with Crippen LogP contribution in [0.15, 0.2) is 42.7 Å². The molecule has 3 aliphatic rings. The Morgan fingerprint density at radius 3 is 2.91 bits per heavy atom. The number of benzene rings is 1. The molecule has 0 radical (unpaired) electrons. The zero-order valence-corrected chi connectivity index (χ0v) is 20.2. The Morgan fingerprint density at radius 2 is 2.11 bits per heavy atom. The molecular weight excluding hydrogens is 443 g/mol. The molecule has 1 fully saturated rings. The maximum atomic E-state index is 14.6. The summed E-state index contributed by atoms with van der Waals surface area (Å²) < 4.78 is 19.7. The molecule has 7 heteroatoms. The number of halogens is 1. The quantitative estimate of drug-likeness (QED) is 0.513. The van der Waals surface area contributed by atoms with Crippen molar-refractivity contribution >= 4 is 11.7 Å². The molecule has 2 aromatic heterocycles. The van der Waals surface area contributed by atoms with Crippen molar-refractivity contribution in [2.24, 2.45) is 11.8 Å². The Balaban J connectivity index is 1.24. The zero-order valence-electron chi connectivity index (χ0n) is 20.2. The molecule has 3 unspecified atom stereocenters. The number of ether oxygens (including phenoxy) is 1. The van der Waals surface area contributed by atoms with Gasteiger partial charge in [0.1, 0.15) is 17.4 Å². The van der Waals surface area contributed by atoms with Crippen LogP contribution in [0.5, 0.6) is 5.75 Å². The highest BCUT2D eigenvalue weighted by molar-refractivity contribution is 5.89. The van der Waals surface area contributed by atoms with Crippen LogP contribution in [0, 0.1) is 17.7 Å². The van der Waals surface area contributed by atoms with Crippen LogP contribution in [-0.2, 0) is 16.6 Å². The van der Waals surface area contributed by atoms with E-state index in [4.69, 9.17) is 4.74 Å². The van der Waals surface area contributed by atoms with Crippen molar-refractivity contribution in [3.8, 4) is 5.75 Å². The van der Waals surface area contributed by atoms with Gasteiger partial charge in [0, 0.05) is 17.5 Å². The maximum absolute atomic E-state index is 14.6. The molecule has 0 saturated heterocycles. The molecule has 2 N–H and O–H groups in total. The second-order valence-electron chi connectivity index (χ2n) is 10.6. The summed E-state index contributed by atoms with van der Waals surface area (Å²) in [6, 6.07) is 9.13. The lowest BCUT2D eigenvalue weighted by Gasteiger charge is -2.50. The second-order valence-corrected chi connectivity index (χ2v) is 10.6. The Hall–Kier alpha value is -3.22. The fourth-order valence-electron chi connectivity index (χ4n) is 7.49. The highest BCUT2D eigenvalue weighted by atomic mass is 19.1. The van der Waals surface area contributed by atoms with Gasteiger partial charge in [0.25, 0.3) is 0 Å². The molecule has 5 atom stereocenters. The Kier molecular flexibility index (Phi) is 5.38. The van der Waals surface area contributed by atoms with Gasteiger partial charge in [-0.2, -0.15) is 5.10 Å². The minimum atomic E-state index is -0.0597. The number of rotatable bonds is 5. The van der Waals surface area contributed by atoms with Gasteiger partial charge in [-0.15, -0.1) is 0 Å². The summed E-state index contributed by atoms with van der Waals surface area (Å²) in [5.74, 6) is 2.60. The van der Waals surface area contributed by atoms with Crippen LogP contribution < -0.4 is 10.1 Å². The van der Waals surface area contributed by atoms with E-state index in [1.54, 1.807) is 31.5 Å². The number of aromatic nitrogens is 3. The average molecular weight is 475 g/mol. The topological polar surface area (TPSA) is 79.9 Å². The Bertz CT molecular complexity index is 1260. The Morgan fingerprint density at radius 1 is 1.23 bits per heavy atom. The van der Waals surface area contributed by atoms with Gasteiger partial charge >= 0.3 is 0 Å². The lowest BCUT2D eigenvalue weighted by atomic mass is 9.53. The SMILES string of the molecule is COc1ccc(NC(=O)CC[C@@H]2c3cn[nH]c3[C@@]3(C)CCC4c5cccc(F)c5CCC4C23)nc1. The van der Waals surface area contributed by atoms with Crippen molar-refractivity contribution in [3.63, 3.8) is 0 Å². The van der Waals surface area contributed by atoms with Crippen molar-refractivity contribution in [1.82, 2.24) is 15.2 Å². The monoisotopic (exact) mass is 474 g/mol. The molecule has 0 bridgehead atoms. The molecular formula is C28H31FN4O2. The molecule has 3 aliphatic carbocycles. The van der Waals surface area contributed by atoms with E-state index in [-0.39, 0.29) is 23.1 Å². The minimum Gasteiger partial charge on any atom is -0.495 e. The molecule has 1 aromatic carbocycles. The Labute approximate surface area is 204 Å². The summed E-state index contributed by atoms with van der Waals surface area (Å²) in [4.78, 5) is 17.1. The molecule has 0 aliphatic heterocycles. The normalized spacial score (nSPS) is 28.4. The van der Waals surface area contributed by atoms with Gasteiger partial charge in [-0.3, -0.25) is 9.89 Å². The summed E-state index contributed by atoms with van der Waals surface area (Å²) in [5.41, 5.74) is 4.64. The van der Waals surface area contributed by atoms with Crippen LogP contribution in [0.3, 0.4) is 0 Å². The predicted octanol–water partition coefficient (Wildman–Crippen LogP) is 5.48. The number of H-pyrrole nitrogens is 1. The van der Waals surface area contributed by atoms with E-state index in [0.29, 0.717) is 35.7 Å². The number of pyridine rings is 1. The van der Waals surface area contributed by atoms with Crippen LogP contribution >= 0.6 is 0 Å². The number of amides is 1. The van der Waals surface area contributed by atoms with Gasteiger partial charge in [-0.25, -0.2) is 9.37 Å². The number of aromatic amines is 1. The third kappa shape index (κ3) is 3.55. The van der Waals surface area contributed by atoms with Gasteiger partial charge in [0.2, 0.25) is 5.91 Å².